The highest BCUT2D eigenvalue weighted by molar-refractivity contribution is 5.94. The standard InChI is InChI=1S/C19H15FN2O2/c20-15-8-4-5-13(11-15)12-21-18(23)16-9-10-17(22-19(16)24)14-6-2-1-3-7-14/h1-11H,12H2,(H,21,23)(H,22,24). The van der Waals surface area contributed by atoms with Gasteiger partial charge < -0.3 is 10.3 Å². The number of hydrogen-bond donors (Lipinski definition) is 2. The molecule has 0 aliphatic heterocycles. The minimum atomic E-state index is -0.500. The van der Waals surface area contributed by atoms with Gasteiger partial charge in [-0.3, -0.25) is 9.59 Å². The molecule has 24 heavy (non-hydrogen) atoms. The molecular formula is C19H15FN2O2. The Morgan fingerprint density at radius 3 is 2.50 bits per heavy atom. The van der Waals surface area contributed by atoms with Crippen LogP contribution in [0.1, 0.15) is 15.9 Å². The lowest BCUT2D eigenvalue weighted by Gasteiger charge is -2.06. The molecule has 0 unspecified atom stereocenters. The van der Waals surface area contributed by atoms with E-state index in [0.717, 1.165) is 5.56 Å². The number of rotatable bonds is 4. The van der Waals surface area contributed by atoms with Crippen LogP contribution < -0.4 is 10.9 Å². The first-order valence-corrected chi connectivity index (χ1v) is 7.45. The lowest BCUT2D eigenvalue weighted by Crippen LogP contribution is -2.29. The van der Waals surface area contributed by atoms with E-state index in [1.54, 1.807) is 18.2 Å². The smallest absolute Gasteiger partial charge is 0.261 e. The summed E-state index contributed by atoms with van der Waals surface area (Å²) in [5.74, 6) is -0.869. The molecule has 0 aliphatic carbocycles. The summed E-state index contributed by atoms with van der Waals surface area (Å²) < 4.78 is 13.1. The van der Waals surface area contributed by atoms with Crippen LogP contribution >= 0.6 is 0 Å². The first kappa shape index (κ1) is 15.7. The summed E-state index contributed by atoms with van der Waals surface area (Å²) in [6.07, 6.45) is 0. The van der Waals surface area contributed by atoms with Gasteiger partial charge in [0, 0.05) is 12.2 Å². The van der Waals surface area contributed by atoms with Crippen molar-refractivity contribution in [2.75, 3.05) is 0 Å². The molecule has 0 fully saturated rings. The predicted octanol–water partition coefficient (Wildman–Crippen LogP) is 3.11. The van der Waals surface area contributed by atoms with Crippen molar-refractivity contribution >= 4 is 5.91 Å². The molecule has 120 valence electrons. The van der Waals surface area contributed by atoms with Gasteiger partial charge in [-0.1, -0.05) is 42.5 Å². The average molecular weight is 322 g/mol. The van der Waals surface area contributed by atoms with Gasteiger partial charge in [0.25, 0.3) is 11.5 Å². The molecule has 0 bridgehead atoms. The minimum Gasteiger partial charge on any atom is -0.348 e. The Labute approximate surface area is 138 Å². The van der Waals surface area contributed by atoms with Crippen LogP contribution in [0.5, 0.6) is 0 Å². The van der Waals surface area contributed by atoms with Crippen LogP contribution in [0, 0.1) is 5.82 Å². The third kappa shape index (κ3) is 3.57. The van der Waals surface area contributed by atoms with Crippen LogP contribution in [-0.2, 0) is 6.54 Å². The SMILES string of the molecule is O=C(NCc1cccc(F)c1)c1ccc(-c2ccccc2)[nH]c1=O. The molecule has 0 spiro atoms. The molecule has 1 heterocycles. The third-order valence-electron chi connectivity index (χ3n) is 3.58. The molecule has 5 heteroatoms. The largest absolute Gasteiger partial charge is 0.348 e. The second kappa shape index (κ2) is 6.91. The first-order chi connectivity index (χ1) is 11.6. The van der Waals surface area contributed by atoms with E-state index >= 15 is 0 Å². The molecule has 0 atom stereocenters. The van der Waals surface area contributed by atoms with Gasteiger partial charge in [-0.25, -0.2) is 4.39 Å². The number of nitrogens with one attached hydrogen (secondary N) is 2. The maximum absolute atomic E-state index is 13.1. The summed E-state index contributed by atoms with van der Waals surface area (Å²) in [7, 11) is 0. The Morgan fingerprint density at radius 1 is 1.00 bits per heavy atom. The van der Waals surface area contributed by atoms with Gasteiger partial charge in [0.05, 0.1) is 0 Å². The Bertz CT molecular complexity index is 920. The molecular weight excluding hydrogens is 307 g/mol. The summed E-state index contributed by atoms with van der Waals surface area (Å²) in [5.41, 5.74) is 1.68. The van der Waals surface area contributed by atoms with Crippen LogP contribution in [0.25, 0.3) is 11.3 Å². The van der Waals surface area contributed by atoms with Crippen molar-refractivity contribution in [3.8, 4) is 11.3 Å². The van der Waals surface area contributed by atoms with Crippen molar-refractivity contribution < 1.29 is 9.18 Å². The fourth-order valence-electron chi connectivity index (χ4n) is 2.36. The maximum atomic E-state index is 13.1. The lowest BCUT2D eigenvalue weighted by molar-refractivity contribution is 0.0949. The van der Waals surface area contributed by atoms with Crippen molar-refractivity contribution in [1.29, 1.82) is 0 Å². The Hall–Kier alpha value is -3.21. The molecule has 2 aromatic carbocycles. The fourth-order valence-corrected chi connectivity index (χ4v) is 2.36. The summed E-state index contributed by atoms with van der Waals surface area (Å²) in [6.45, 7) is 0.149. The zero-order chi connectivity index (χ0) is 16.9. The van der Waals surface area contributed by atoms with Gasteiger partial charge in [-0.15, -0.1) is 0 Å². The fraction of sp³-hybridized carbons (Fsp3) is 0.0526. The van der Waals surface area contributed by atoms with Crippen LogP contribution in [-0.4, -0.2) is 10.9 Å². The van der Waals surface area contributed by atoms with Crippen LogP contribution in [0.3, 0.4) is 0 Å². The quantitative estimate of drug-likeness (QED) is 0.775. The Balaban J connectivity index is 1.75. The summed E-state index contributed by atoms with van der Waals surface area (Å²) in [6, 6.07) is 18.5. The van der Waals surface area contributed by atoms with E-state index in [2.05, 4.69) is 10.3 Å². The van der Waals surface area contributed by atoms with Crippen LogP contribution in [0.15, 0.2) is 71.5 Å². The zero-order valence-electron chi connectivity index (χ0n) is 12.8. The lowest BCUT2D eigenvalue weighted by atomic mass is 10.1. The highest BCUT2D eigenvalue weighted by Gasteiger charge is 2.11. The van der Waals surface area contributed by atoms with Gasteiger partial charge in [-0.2, -0.15) is 0 Å². The van der Waals surface area contributed by atoms with Crippen molar-refractivity contribution in [1.82, 2.24) is 10.3 Å². The second-order valence-corrected chi connectivity index (χ2v) is 5.29. The number of carbonyl (C=O) groups excluding carboxylic acids is 1. The predicted molar refractivity (Wildman–Crippen MR) is 90.1 cm³/mol. The third-order valence-corrected chi connectivity index (χ3v) is 3.58. The Morgan fingerprint density at radius 2 is 1.79 bits per heavy atom. The van der Waals surface area contributed by atoms with Crippen molar-refractivity contribution in [2.24, 2.45) is 0 Å². The van der Waals surface area contributed by atoms with Crippen molar-refractivity contribution in [3.05, 3.63) is 94.0 Å². The van der Waals surface area contributed by atoms with Gasteiger partial charge in [0.2, 0.25) is 0 Å². The number of amides is 1. The van der Waals surface area contributed by atoms with Crippen molar-refractivity contribution in [2.45, 2.75) is 6.54 Å². The normalized spacial score (nSPS) is 10.4. The van der Waals surface area contributed by atoms with Crippen molar-refractivity contribution in [3.63, 3.8) is 0 Å². The van der Waals surface area contributed by atoms with E-state index < -0.39 is 11.5 Å². The topological polar surface area (TPSA) is 62.0 Å². The van der Waals surface area contributed by atoms with E-state index in [9.17, 15) is 14.0 Å². The summed E-state index contributed by atoms with van der Waals surface area (Å²) in [4.78, 5) is 27.0. The minimum absolute atomic E-state index is 0.0195. The number of hydrogen-bond acceptors (Lipinski definition) is 2. The first-order valence-electron chi connectivity index (χ1n) is 7.45. The van der Waals surface area contributed by atoms with Gasteiger partial charge in [-0.05, 0) is 35.4 Å². The summed E-state index contributed by atoms with van der Waals surface area (Å²) in [5, 5.41) is 2.62. The van der Waals surface area contributed by atoms with Gasteiger partial charge in [0.15, 0.2) is 0 Å². The molecule has 0 aliphatic rings. The number of aromatic amines is 1. The van der Waals surface area contributed by atoms with Gasteiger partial charge >= 0.3 is 0 Å². The molecule has 3 aromatic rings. The van der Waals surface area contributed by atoms with E-state index in [0.29, 0.717) is 11.3 Å². The van der Waals surface area contributed by atoms with Crippen LogP contribution in [0.2, 0.25) is 0 Å². The van der Waals surface area contributed by atoms with E-state index in [1.165, 1.54) is 18.2 Å². The number of aromatic nitrogens is 1. The molecule has 1 amide bonds. The summed E-state index contributed by atoms with van der Waals surface area (Å²) >= 11 is 0. The second-order valence-electron chi connectivity index (χ2n) is 5.29. The molecule has 2 N–H and O–H groups in total. The highest BCUT2D eigenvalue weighted by Crippen LogP contribution is 2.14. The molecule has 3 rings (SSSR count). The van der Waals surface area contributed by atoms with Crippen LogP contribution in [0.4, 0.5) is 4.39 Å². The van der Waals surface area contributed by atoms with E-state index in [1.807, 2.05) is 30.3 Å². The molecule has 0 saturated carbocycles. The monoisotopic (exact) mass is 322 g/mol. The molecule has 0 saturated heterocycles. The number of carbonyl (C=O) groups is 1. The molecule has 4 nitrogen and oxygen atoms in total. The number of H-pyrrole nitrogens is 1. The van der Waals surface area contributed by atoms with E-state index in [4.69, 9.17) is 0 Å². The average Bonchev–Trinajstić information content (AvgIpc) is 2.60. The Kier molecular flexibility index (Phi) is 4.52. The number of pyridine rings is 1. The zero-order valence-corrected chi connectivity index (χ0v) is 12.8. The maximum Gasteiger partial charge on any atom is 0.261 e. The molecule has 0 radical (unpaired) electrons. The highest BCUT2D eigenvalue weighted by atomic mass is 19.1. The molecule has 1 aromatic heterocycles. The van der Waals surface area contributed by atoms with Gasteiger partial charge in [0.1, 0.15) is 11.4 Å². The van der Waals surface area contributed by atoms with E-state index in [-0.39, 0.29) is 17.9 Å². The number of benzene rings is 2. The number of halogens is 1.